The molecular weight excluding hydrogens is 348 g/mol. The number of hydrogen-bond donors (Lipinski definition) is 1. The van der Waals surface area contributed by atoms with Gasteiger partial charge in [0, 0.05) is 0 Å². The van der Waals surface area contributed by atoms with Crippen LogP contribution >= 0.6 is 11.3 Å². The Labute approximate surface area is 156 Å². The third kappa shape index (κ3) is 5.04. The van der Waals surface area contributed by atoms with E-state index in [2.05, 4.69) is 5.32 Å². The molecular formula is C20H20N2O3S. The molecule has 0 atom stereocenters. The van der Waals surface area contributed by atoms with E-state index in [0.29, 0.717) is 16.3 Å². The molecule has 1 N–H and O–H groups in total. The molecule has 0 unspecified atom stereocenters. The fourth-order valence-electron chi connectivity index (χ4n) is 2.44. The van der Waals surface area contributed by atoms with Crippen molar-refractivity contribution in [1.29, 1.82) is 5.26 Å². The maximum Gasteiger partial charge on any atom is 0.266 e. The molecule has 134 valence electrons. The maximum absolute atomic E-state index is 12.3. The summed E-state index contributed by atoms with van der Waals surface area (Å²) >= 11 is 1.22. The molecule has 0 aliphatic carbocycles. The van der Waals surface area contributed by atoms with Crippen LogP contribution in [0, 0.1) is 18.3 Å². The highest BCUT2D eigenvalue weighted by atomic mass is 32.1. The summed E-state index contributed by atoms with van der Waals surface area (Å²) in [6.07, 6.45) is 2.92. The number of methoxy groups -OCH3 is 1. The first-order valence-corrected chi connectivity index (χ1v) is 8.92. The van der Waals surface area contributed by atoms with Gasteiger partial charge in [0.2, 0.25) is 0 Å². The summed E-state index contributed by atoms with van der Waals surface area (Å²) in [6, 6.07) is 11.3. The topological polar surface area (TPSA) is 79.2 Å². The normalized spacial score (nSPS) is 10.9. The molecule has 0 bridgehead atoms. The maximum atomic E-state index is 12.3. The summed E-state index contributed by atoms with van der Waals surface area (Å²) < 4.78 is 5.11. The Morgan fingerprint density at radius 2 is 2.00 bits per heavy atom. The molecule has 0 fully saturated rings. The number of Topliss-reactive ketones (excluding diaryl/α,β-unsaturated/α-hetero) is 1. The molecule has 0 saturated carbocycles. The molecule has 5 nitrogen and oxygen atoms in total. The van der Waals surface area contributed by atoms with Crippen LogP contribution in [0.5, 0.6) is 5.75 Å². The predicted octanol–water partition coefficient (Wildman–Crippen LogP) is 4.29. The standard InChI is InChI=1S/C20H20N2O3S/c1-13-11-18(26-19(13)14(2)23)22-20(24)16(12-21)6-4-5-15-7-9-17(25-3)10-8-15/h6-11H,4-5H2,1-3H3,(H,22,24)/b16-6+. The molecule has 2 aromatic rings. The number of nitrogens with one attached hydrogen (secondary N) is 1. The van der Waals surface area contributed by atoms with Crippen LogP contribution < -0.4 is 10.1 Å². The summed E-state index contributed by atoms with van der Waals surface area (Å²) in [4.78, 5) is 24.4. The summed E-state index contributed by atoms with van der Waals surface area (Å²) in [5.74, 6) is 0.291. The second-order valence-corrected chi connectivity index (χ2v) is 6.80. The number of thiophene rings is 1. The number of ketones is 1. The van der Waals surface area contributed by atoms with Crippen LogP contribution in [0.4, 0.5) is 5.00 Å². The number of allylic oxidation sites excluding steroid dienone is 1. The van der Waals surface area contributed by atoms with Crippen molar-refractivity contribution in [1.82, 2.24) is 0 Å². The van der Waals surface area contributed by atoms with Gasteiger partial charge in [-0.1, -0.05) is 18.2 Å². The fourth-order valence-corrected chi connectivity index (χ4v) is 3.40. The lowest BCUT2D eigenvalue weighted by atomic mass is 10.1. The van der Waals surface area contributed by atoms with Gasteiger partial charge in [-0.05, 0) is 56.0 Å². The van der Waals surface area contributed by atoms with Crippen molar-refractivity contribution in [3.63, 3.8) is 0 Å². The molecule has 0 radical (unpaired) electrons. The highest BCUT2D eigenvalue weighted by Crippen LogP contribution is 2.27. The van der Waals surface area contributed by atoms with Crippen LogP contribution in [0.3, 0.4) is 0 Å². The van der Waals surface area contributed by atoms with Crippen molar-refractivity contribution in [2.45, 2.75) is 26.7 Å². The van der Waals surface area contributed by atoms with Gasteiger partial charge in [-0.3, -0.25) is 9.59 Å². The van der Waals surface area contributed by atoms with Crippen molar-refractivity contribution in [2.75, 3.05) is 12.4 Å². The number of amides is 1. The largest absolute Gasteiger partial charge is 0.497 e. The average Bonchev–Trinajstić information content (AvgIpc) is 2.99. The number of ether oxygens (including phenoxy) is 1. The first kappa shape index (κ1) is 19.4. The first-order chi connectivity index (χ1) is 12.4. The highest BCUT2D eigenvalue weighted by molar-refractivity contribution is 7.18. The van der Waals surface area contributed by atoms with Gasteiger partial charge in [0.05, 0.1) is 17.0 Å². The number of benzene rings is 1. The Balaban J connectivity index is 1.99. The first-order valence-electron chi connectivity index (χ1n) is 8.10. The van der Waals surface area contributed by atoms with Gasteiger partial charge in [0.1, 0.15) is 17.4 Å². The number of nitrogens with zero attached hydrogens (tertiary/aromatic N) is 1. The van der Waals surface area contributed by atoms with Crippen LogP contribution in [-0.4, -0.2) is 18.8 Å². The number of anilines is 1. The second-order valence-electron chi connectivity index (χ2n) is 5.75. The van der Waals surface area contributed by atoms with Crippen LogP contribution in [-0.2, 0) is 11.2 Å². The second kappa shape index (κ2) is 8.97. The minimum absolute atomic E-state index is 0.0384. The molecule has 0 spiro atoms. The monoisotopic (exact) mass is 368 g/mol. The lowest BCUT2D eigenvalue weighted by Gasteiger charge is -2.03. The van der Waals surface area contributed by atoms with Crippen molar-refractivity contribution in [3.05, 3.63) is 58.0 Å². The Hall–Kier alpha value is -2.91. The number of aryl methyl sites for hydroxylation is 2. The summed E-state index contributed by atoms with van der Waals surface area (Å²) in [7, 11) is 1.62. The number of nitriles is 1. The Bertz CT molecular complexity index is 873. The van der Waals surface area contributed by atoms with Gasteiger partial charge in [-0.2, -0.15) is 5.26 Å². The van der Waals surface area contributed by atoms with Crippen molar-refractivity contribution >= 4 is 28.0 Å². The number of rotatable bonds is 7. The highest BCUT2D eigenvalue weighted by Gasteiger charge is 2.14. The van der Waals surface area contributed by atoms with Crippen LogP contribution in [0.1, 0.15) is 34.1 Å². The van der Waals surface area contributed by atoms with E-state index in [1.165, 1.54) is 18.3 Å². The predicted molar refractivity (Wildman–Crippen MR) is 103 cm³/mol. The molecule has 0 saturated heterocycles. The van der Waals surface area contributed by atoms with E-state index in [-0.39, 0.29) is 11.4 Å². The van der Waals surface area contributed by atoms with Crippen molar-refractivity contribution in [3.8, 4) is 11.8 Å². The molecule has 6 heteroatoms. The van der Waals surface area contributed by atoms with Gasteiger partial charge in [0.15, 0.2) is 5.78 Å². The van der Waals surface area contributed by atoms with Gasteiger partial charge >= 0.3 is 0 Å². The number of carbonyl (C=O) groups is 2. The summed E-state index contributed by atoms with van der Waals surface area (Å²) in [6.45, 7) is 3.31. The van der Waals surface area contributed by atoms with Crippen LogP contribution in [0.2, 0.25) is 0 Å². The lowest BCUT2D eigenvalue weighted by molar-refractivity contribution is -0.112. The average molecular weight is 368 g/mol. The molecule has 2 rings (SSSR count). The van der Waals surface area contributed by atoms with Gasteiger partial charge in [-0.15, -0.1) is 11.3 Å². The minimum atomic E-state index is -0.460. The molecule has 1 aromatic carbocycles. The zero-order chi connectivity index (χ0) is 19.1. The molecule has 1 amide bonds. The van der Waals surface area contributed by atoms with Crippen LogP contribution in [0.25, 0.3) is 0 Å². The zero-order valence-corrected chi connectivity index (χ0v) is 15.8. The molecule has 1 aromatic heterocycles. The summed E-state index contributed by atoms with van der Waals surface area (Å²) in [5, 5.41) is 12.5. The van der Waals surface area contributed by atoms with Crippen LogP contribution in [0.15, 0.2) is 42.0 Å². The van der Waals surface area contributed by atoms with E-state index < -0.39 is 5.91 Å². The molecule has 26 heavy (non-hydrogen) atoms. The smallest absolute Gasteiger partial charge is 0.266 e. The zero-order valence-electron chi connectivity index (χ0n) is 15.0. The number of hydrogen-bond acceptors (Lipinski definition) is 5. The SMILES string of the molecule is COc1ccc(CC/C=C(\C#N)C(=O)Nc2cc(C)c(C(C)=O)s2)cc1. The van der Waals surface area contributed by atoms with Gasteiger partial charge in [-0.25, -0.2) is 0 Å². The Morgan fingerprint density at radius 1 is 1.31 bits per heavy atom. The van der Waals surface area contributed by atoms with Crippen molar-refractivity contribution in [2.24, 2.45) is 0 Å². The molecule has 0 aliphatic heterocycles. The van der Waals surface area contributed by atoms with Crippen molar-refractivity contribution < 1.29 is 14.3 Å². The Kier molecular flexibility index (Phi) is 6.70. The number of carbonyl (C=O) groups excluding carboxylic acids is 2. The third-order valence-corrected chi connectivity index (χ3v) is 5.03. The quantitative estimate of drug-likeness (QED) is 0.449. The third-order valence-electron chi connectivity index (χ3n) is 3.78. The van der Waals surface area contributed by atoms with E-state index >= 15 is 0 Å². The van der Waals surface area contributed by atoms with Gasteiger partial charge < -0.3 is 10.1 Å². The van der Waals surface area contributed by atoms with E-state index in [9.17, 15) is 14.9 Å². The molecule has 0 aliphatic rings. The van der Waals surface area contributed by atoms with E-state index in [1.54, 1.807) is 19.3 Å². The van der Waals surface area contributed by atoms with Gasteiger partial charge in [0.25, 0.3) is 5.91 Å². The minimum Gasteiger partial charge on any atom is -0.497 e. The molecule has 1 heterocycles. The van der Waals surface area contributed by atoms with E-state index in [4.69, 9.17) is 4.74 Å². The fraction of sp³-hybridized carbons (Fsp3) is 0.250. The van der Waals surface area contributed by atoms with E-state index in [0.717, 1.165) is 23.3 Å². The lowest BCUT2D eigenvalue weighted by Crippen LogP contribution is -2.12. The van der Waals surface area contributed by atoms with E-state index in [1.807, 2.05) is 37.3 Å². The summed E-state index contributed by atoms with van der Waals surface area (Å²) in [5.41, 5.74) is 1.98. The Morgan fingerprint density at radius 3 is 2.54 bits per heavy atom.